The van der Waals surface area contributed by atoms with Gasteiger partial charge in [0.1, 0.15) is 11.6 Å². The van der Waals surface area contributed by atoms with Crippen LogP contribution in [-0.4, -0.2) is 43.0 Å². The molecule has 1 aliphatic rings. The van der Waals surface area contributed by atoms with Crippen LogP contribution in [0.25, 0.3) is 0 Å². The highest BCUT2D eigenvalue weighted by Crippen LogP contribution is 2.10. The number of anilines is 1. The molecule has 2 rings (SSSR count). The molecule has 7 nitrogen and oxygen atoms in total. The molecule has 2 amide bonds. The van der Waals surface area contributed by atoms with E-state index in [4.69, 9.17) is 15.7 Å². The molecule has 0 aromatic heterocycles. The molecule has 0 atom stereocenters. The van der Waals surface area contributed by atoms with Gasteiger partial charge in [-0.3, -0.25) is 9.59 Å². The van der Waals surface area contributed by atoms with Crippen LogP contribution >= 0.6 is 0 Å². The highest BCUT2D eigenvalue weighted by atomic mass is 16.5. The van der Waals surface area contributed by atoms with E-state index >= 15 is 0 Å². The minimum atomic E-state index is -0.472. The number of nitrogens with two attached hydrogens (primary N) is 1. The number of nitrogen functional groups attached to an aromatic ring is 1. The minimum Gasteiger partial charge on any atom is -0.398 e. The number of benzene rings is 1. The fraction of sp³-hybridized carbons (Fsp3) is 0.267. The molecule has 1 saturated heterocycles. The first kappa shape index (κ1) is 15.5. The normalized spacial score (nSPS) is 15.0. The maximum Gasteiger partial charge on any atom is 0.266 e. The second-order valence-corrected chi connectivity index (χ2v) is 4.64. The molecule has 1 aromatic rings. The van der Waals surface area contributed by atoms with Crippen LogP contribution in [0.5, 0.6) is 0 Å². The minimum absolute atomic E-state index is 0.134. The lowest BCUT2D eigenvalue weighted by Gasteiger charge is -2.26. The SMILES string of the molecule is N#C/C(=C/NC(=O)c1ccccc1N)C(=O)N1CCOCC1. The number of para-hydroxylation sites is 1. The van der Waals surface area contributed by atoms with E-state index in [-0.39, 0.29) is 11.1 Å². The Balaban J connectivity index is 2.06. The van der Waals surface area contributed by atoms with Crippen LogP contribution in [0.4, 0.5) is 5.69 Å². The predicted molar refractivity (Wildman–Crippen MR) is 79.4 cm³/mol. The number of nitrogens with zero attached hydrogens (tertiary/aromatic N) is 2. The zero-order valence-electron chi connectivity index (χ0n) is 11.9. The Kier molecular flexibility index (Phi) is 5.11. The summed E-state index contributed by atoms with van der Waals surface area (Å²) in [6.07, 6.45) is 1.12. The molecule has 3 N–H and O–H groups in total. The van der Waals surface area contributed by atoms with Crippen molar-refractivity contribution in [3.8, 4) is 6.07 Å². The third-order valence-corrected chi connectivity index (χ3v) is 3.20. The van der Waals surface area contributed by atoms with Gasteiger partial charge in [0.15, 0.2) is 0 Å². The molecule has 0 aliphatic carbocycles. The van der Waals surface area contributed by atoms with Crippen LogP contribution in [0.1, 0.15) is 10.4 Å². The number of carbonyl (C=O) groups is 2. The summed E-state index contributed by atoms with van der Waals surface area (Å²) in [6, 6.07) is 8.36. The van der Waals surface area contributed by atoms with Gasteiger partial charge in [0.2, 0.25) is 0 Å². The zero-order valence-corrected chi connectivity index (χ0v) is 11.9. The van der Waals surface area contributed by atoms with E-state index in [1.54, 1.807) is 30.3 Å². The quantitative estimate of drug-likeness (QED) is 0.473. The molecular weight excluding hydrogens is 284 g/mol. The van der Waals surface area contributed by atoms with Gasteiger partial charge in [0.05, 0.1) is 18.8 Å². The van der Waals surface area contributed by atoms with E-state index in [2.05, 4.69) is 5.32 Å². The summed E-state index contributed by atoms with van der Waals surface area (Å²) in [4.78, 5) is 25.7. The van der Waals surface area contributed by atoms with Crippen molar-refractivity contribution in [2.45, 2.75) is 0 Å². The number of hydrogen-bond donors (Lipinski definition) is 2. The van der Waals surface area contributed by atoms with E-state index in [0.717, 1.165) is 6.20 Å². The van der Waals surface area contributed by atoms with Gasteiger partial charge in [0, 0.05) is 25.0 Å². The van der Waals surface area contributed by atoms with E-state index < -0.39 is 11.8 Å². The average molecular weight is 300 g/mol. The van der Waals surface area contributed by atoms with Crippen molar-refractivity contribution in [2.24, 2.45) is 0 Å². The number of morpholine rings is 1. The fourth-order valence-electron chi connectivity index (χ4n) is 2.00. The molecule has 0 radical (unpaired) electrons. The highest BCUT2D eigenvalue weighted by Gasteiger charge is 2.20. The summed E-state index contributed by atoms with van der Waals surface area (Å²) in [5.74, 6) is -0.896. The summed E-state index contributed by atoms with van der Waals surface area (Å²) in [5, 5.41) is 11.5. The van der Waals surface area contributed by atoms with Crippen LogP contribution < -0.4 is 11.1 Å². The lowest BCUT2D eigenvalue weighted by atomic mass is 10.1. The van der Waals surface area contributed by atoms with Gasteiger partial charge >= 0.3 is 0 Å². The third kappa shape index (κ3) is 3.62. The van der Waals surface area contributed by atoms with Crippen LogP contribution in [0.15, 0.2) is 36.0 Å². The number of hydrogen-bond acceptors (Lipinski definition) is 5. The third-order valence-electron chi connectivity index (χ3n) is 3.20. The van der Waals surface area contributed by atoms with Gasteiger partial charge in [-0.25, -0.2) is 0 Å². The van der Waals surface area contributed by atoms with E-state index in [9.17, 15) is 9.59 Å². The molecule has 1 heterocycles. The summed E-state index contributed by atoms with van der Waals surface area (Å²) in [7, 11) is 0. The van der Waals surface area contributed by atoms with Crippen molar-refractivity contribution < 1.29 is 14.3 Å². The van der Waals surface area contributed by atoms with Gasteiger partial charge in [-0.05, 0) is 12.1 Å². The smallest absolute Gasteiger partial charge is 0.266 e. The number of rotatable bonds is 3. The zero-order chi connectivity index (χ0) is 15.9. The lowest BCUT2D eigenvalue weighted by Crippen LogP contribution is -2.41. The summed E-state index contributed by atoms with van der Waals surface area (Å²) in [5.41, 5.74) is 6.18. The van der Waals surface area contributed by atoms with Crippen LogP contribution in [0.2, 0.25) is 0 Å². The number of nitrogens with one attached hydrogen (secondary N) is 1. The largest absolute Gasteiger partial charge is 0.398 e. The number of amides is 2. The molecule has 0 bridgehead atoms. The van der Waals surface area contributed by atoms with Gasteiger partial charge in [-0.1, -0.05) is 12.1 Å². The topological polar surface area (TPSA) is 108 Å². The summed E-state index contributed by atoms with van der Waals surface area (Å²) < 4.78 is 5.15. The van der Waals surface area contributed by atoms with Crippen LogP contribution in [0, 0.1) is 11.3 Å². The number of carbonyl (C=O) groups excluding carboxylic acids is 2. The molecule has 1 fully saturated rings. The first-order valence-corrected chi connectivity index (χ1v) is 6.76. The van der Waals surface area contributed by atoms with E-state index in [1.807, 2.05) is 0 Å². The Bertz CT molecular complexity index is 642. The van der Waals surface area contributed by atoms with Crippen LogP contribution in [0.3, 0.4) is 0 Å². The molecule has 0 spiro atoms. The fourth-order valence-corrected chi connectivity index (χ4v) is 2.00. The molecular formula is C15H16N4O3. The van der Waals surface area contributed by atoms with Crippen molar-refractivity contribution in [3.63, 3.8) is 0 Å². The van der Waals surface area contributed by atoms with Crippen molar-refractivity contribution in [1.82, 2.24) is 10.2 Å². The van der Waals surface area contributed by atoms with E-state index in [0.29, 0.717) is 32.0 Å². The molecule has 7 heteroatoms. The van der Waals surface area contributed by atoms with Gasteiger partial charge in [0.25, 0.3) is 11.8 Å². The Morgan fingerprint density at radius 2 is 2.00 bits per heavy atom. The number of ether oxygens (including phenoxy) is 1. The maximum absolute atomic E-state index is 12.1. The van der Waals surface area contributed by atoms with Gasteiger partial charge in [-0.15, -0.1) is 0 Å². The van der Waals surface area contributed by atoms with Crippen molar-refractivity contribution in [3.05, 3.63) is 41.6 Å². The molecule has 0 saturated carbocycles. The Morgan fingerprint density at radius 1 is 1.32 bits per heavy atom. The summed E-state index contributed by atoms with van der Waals surface area (Å²) in [6.45, 7) is 1.74. The average Bonchev–Trinajstić information content (AvgIpc) is 2.56. The molecule has 1 aromatic carbocycles. The van der Waals surface area contributed by atoms with Crippen molar-refractivity contribution in [1.29, 1.82) is 5.26 Å². The van der Waals surface area contributed by atoms with Crippen molar-refractivity contribution >= 4 is 17.5 Å². The number of nitriles is 1. The van der Waals surface area contributed by atoms with Gasteiger partial charge < -0.3 is 20.7 Å². The molecule has 22 heavy (non-hydrogen) atoms. The second-order valence-electron chi connectivity index (χ2n) is 4.64. The van der Waals surface area contributed by atoms with E-state index in [1.165, 1.54) is 4.90 Å². The first-order valence-electron chi connectivity index (χ1n) is 6.76. The molecule has 114 valence electrons. The Hall–Kier alpha value is -2.85. The first-order chi connectivity index (χ1) is 10.6. The monoisotopic (exact) mass is 300 g/mol. The molecule has 0 unspecified atom stereocenters. The van der Waals surface area contributed by atoms with Crippen molar-refractivity contribution in [2.75, 3.05) is 32.0 Å². The highest BCUT2D eigenvalue weighted by molar-refractivity contribution is 6.01. The maximum atomic E-state index is 12.1. The summed E-state index contributed by atoms with van der Waals surface area (Å²) >= 11 is 0. The standard InChI is InChI=1S/C15H16N4O3/c16-9-11(15(21)19-5-7-22-8-6-19)10-18-14(20)12-3-1-2-4-13(12)17/h1-4,10H,5-8,17H2,(H,18,20)/b11-10-. The predicted octanol–water partition coefficient (Wildman–Crippen LogP) is 0.265. The Labute approximate surface area is 127 Å². The second kappa shape index (κ2) is 7.24. The lowest BCUT2D eigenvalue weighted by molar-refractivity contribution is -0.130. The molecule has 1 aliphatic heterocycles. The Morgan fingerprint density at radius 3 is 2.64 bits per heavy atom. The van der Waals surface area contributed by atoms with Gasteiger partial charge in [-0.2, -0.15) is 5.26 Å². The van der Waals surface area contributed by atoms with Crippen LogP contribution in [-0.2, 0) is 9.53 Å².